The van der Waals surface area contributed by atoms with Crippen molar-refractivity contribution in [2.24, 2.45) is 5.92 Å². The predicted molar refractivity (Wildman–Crippen MR) is 118 cm³/mol. The number of fused-ring (bicyclic) bond motifs is 1. The second-order valence-corrected chi connectivity index (χ2v) is 9.50. The number of nitrogens with one attached hydrogen (secondary N) is 1. The smallest absolute Gasteiger partial charge is 0.224 e. The zero-order valence-electron chi connectivity index (χ0n) is 14.4. The molecule has 1 aliphatic rings. The lowest BCUT2D eigenvalue weighted by atomic mass is 9.93. The number of hydrogen-bond acceptors (Lipinski definition) is 2. The maximum atomic E-state index is 12.7. The van der Waals surface area contributed by atoms with Gasteiger partial charge in [0.15, 0.2) is 0 Å². The van der Waals surface area contributed by atoms with Crippen LogP contribution in [-0.2, 0) is 17.0 Å². The number of carbonyl (C=O) groups is 1. The van der Waals surface area contributed by atoms with Crippen LogP contribution in [0.2, 0.25) is 10.0 Å². The van der Waals surface area contributed by atoms with Crippen LogP contribution < -0.4 is 5.32 Å². The number of alkyl halides is 2. The van der Waals surface area contributed by atoms with E-state index in [2.05, 4.69) is 5.32 Å². The van der Waals surface area contributed by atoms with Gasteiger partial charge in [0.25, 0.3) is 0 Å². The highest BCUT2D eigenvalue weighted by Crippen LogP contribution is 2.43. The average Bonchev–Trinajstić information content (AvgIpc) is 3.03. The van der Waals surface area contributed by atoms with Crippen molar-refractivity contribution in [2.75, 3.05) is 12.3 Å². The van der Waals surface area contributed by atoms with E-state index in [0.29, 0.717) is 28.8 Å². The Morgan fingerprint density at radius 3 is 2.52 bits per heavy atom. The molecule has 0 saturated heterocycles. The molecule has 2 nitrogen and oxygen atoms in total. The van der Waals surface area contributed by atoms with Gasteiger partial charge in [-0.3, -0.25) is 4.79 Å². The molecule has 2 aromatic carbocycles. The zero-order valence-corrected chi connectivity index (χ0v) is 18.3. The van der Waals surface area contributed by atoms with Gasteiger partial charge in [0, 0.05) is 34.0 Å². The molecule has 2 atom stereocenters. The van der Waals surface area contributed by atoms with Gasteiger partial charge in [-0.25, -0.2) is 0 Å². The number of hydrogen-bond donors (Lipinski definition) is 1. The summed E-state index contributed by atoms with van der Waals surface area (Å²) in [6, 6.07) is 13.5. The zero-order chi connectivity index (χ0) is 19.4. The Kier molecular flexibility index (Phi) is 7.64. The number of carbonyl (C=O) groups excluding carboxylic acids is 1. The summed E-state index contributed by atoms with van der Waals surface area (Å²) in [5.41, 5.74) is 3.16. The first-order valence-corrected chi connectivity index (χ1v) is 11.4. The highest BCUT2D eigenvalue weighted by Gasteiger charge is 2.40. The summed E-state index contributed by atoms with van der Waals surface area (Å²) < 4.78 is 0. The van der Waals surface area contributed by atoms with Crippen molar-refractivity contribution in [3.63, 3.8) is 0 Å². The highest BCUT2D eigenvalue weighted by molar-refractivity contribution is 7.98. The molecule has 27 heavy (non-hydrogen) atoms. The van der Waals surface area contributed by atoms with E-state index in [1.807, 2.05) is 42.5 Å². The molecule has 7 heteroatoms. The lowest BCUT2D eigenvalue weighted by Crippen LogP contribution is -2.35. The van der Waals surface area contributed by atoms with E-state index in [-0.39, 0.29) is 17.7 Å². The van der Waals surface area contributed by atoms with Crippen LogP contribution in [0.1, 0.15) is 22.6 Å². The van der Waals surface area contributed by atoms with E-state index in [4.69, 9.17) is 46.4 Å². The van der Waals surface area contributed by atoms with Crippen molar-refractivity contribution in [1.82, 2.24) is 5.32 Å². The molecule has 0 fully saturated rings. The molecule has 0 aliphatic heterocycles. The Labute approximate surface area is 183 Å². The number of amides is 1. The largest absolute Gasteiger partial charge is 0.355 e. The second kappa shape index (κ2) is 9.76. The average molecular weight is 463 g/mol. The molecule has 0 spiro atoms. The fraction of sp³-hybridized carbons (Fsp3) is 0.350. The van der Waals surface area contributed by atoms with Crippen LogP contribution in [0.25, 0.3) is 0 Å². The first-order chi connectivity index (χ1) is 13.0. The van der Waals surface area contributed by atoms with E-state index >= 15 is 0 Å². The molecular formula is C20H19Cl4NOS. The lowest BCUT2D eigenvalue weighted by Gasteiger charge is -2.21. The van der Waals surface area contributed by atoms with Gasteiger partial charge in [0.05, 0.1) is 5.92 Å². The van der Waals surface area contributed by atoms with Crippen LogP contribution in [0.15, 0.2) is 42.5 Å². The summed E-state index contributed by atoms with van der Waals surface area (Å²) in [7, 11) is 0. The Balaban J connectivity index is 1.50. The number of halogens is 4. The molecule has 0 bridgehead atoms. The fourth-order valence-electron chi connectivity index (χ4n) is 3.41. The van der Waals surface area contributed by atoms with E-state index in [1.54, 1.807) is 11.8 Å². The van der Waals surface area contributed by atoms with Crippen molar-refractivity contribution in [1.29, 1.82) is 0 Å². The van der Waals surface area contributed by atoms with Gasteiger partial charge in [0.2, 0.25) is 5.91 Å². The molecule has 0 radical (unpaired) electrons. The third-order valence-electron chi connectivity index (χ3n) is 4.75. The molecule has 0 saturated carbocycles. The predicted octanol–water partition coefficient (Wildman–Crippen LogP) is 6.10. The van der Waals surface area contributed by atoms with Gasteiger partial charge in [-0.1, -0.05) is 53.5 Å². The summed E-state index contributed by atoms with van der Waals surface area (Å²) in [6.07, 6.45) is 0.672. The minimum Gasteiger partial charge on any atom is -0.355 e. The maximum absolute atomic E-state index is 12.7. The molecule has 3 rings (SSSR count). The molecule has 0 heterocycles. The fourth-order valence-corrected chi connectivity index (χ4v) is 5.63. The molecule has 1 aliphatic carbocycles. The lowest BCUT2D eigenvalue weighted by molar-refractivity contribution is -0.125. The molecule has 1 amide bonds. The molecule has 1 N–H and O–H groups in total. The Morgan fingerprint density at radius 2 is 1.81 bits per heavy atom. The monoisotopic (exact) mass is 461 g/mol. The highest BCUT2D eigenvalue weighted by atomic mass is 35.5. The summed E-state index contributed by atoms with van der Waals surface area (Å²) in [5, 5.41) is 4.35. The SMILES string of the molecule is O=C(NCCSCc1c(Cl)cccc1Cl)[C@H]1Cc2ccccc2[C@H]1C(Cl)Cl. The van der Waals surface area contributed by atoms with Gasteiger partial charge >= 0.3 is 0 Å². The minimum atomic E-state index is -0.610. The van der Waals surface area contributed by atoms with Crippen LogP contribution >= 0.6 is 58.2 Å². The van der Waals surface area contributed by atoms with E-state index in [0.717, 1.165) is 22.4 Å². The Morgan fingerprint density at radius 1 is 1.11 bits per heavy atom. The number of rotatable bonds is 7. The second-order valence-electron chi connectivity index (χ2n) is 6.41. The third kappa shape index (κ3) is 5.07. The number of thioether (sulfide) groups is 1. The summed E-state index contributed by atoms with van der Waals surface area (Å²) in [6.45, 7) is 0.570. The van der Waals surface area contributed by atoms with Gasteiger partial charge < -0.3 is 5.32 Å². The van der Waals surface area contributed by atoms with Crippen molar-refractivity contribution >= 4 is 64.1 Å². The van der Waals surface area contributed by atoms with Crippen LogP contribution in [-0.4, -0.2) is 23.0 Å². The molecular weight excluding hydrogens is 444 g/mol. The number of benzene rings is 2. The Bertz CT molecular complexity index is 794. The van der Waals surface area contributed by atoms with E-state index in [1.165, 1.54) is 0 Å². The minimum absolute atomic E-state index is 0.00104. The third-order valence-corrected chi connectivity index (χ3v) is 6.99. The molecule has 0 aromatic heterocycles. The van der Waals surface area contributed by atoms with Crippen LogP contribution in [0.4, 0.5) is 0 Å². The van der Waals surface area contributed by atoms with Crippen molar-refractivity contribution < 1.29 is 4.79 Å². The summed E-state index contributed by atoms with van der Waals surface area (Å²) in [5.74, 6) is 1.07. The molecule has 0 unspecified atom stereocenters. The maximum Gasteiger partial charge on any atom is 0.224 e. The Hall–Kier alpha value is -0.580. The quantitative estimate of drug-likeness (QED) is 0.397. The van der Waals surface area contributed by atoms with Gasteiger partial charge in [-0.2, -0.15) is 11.8 Å². The van der Waals surface area contributed by atoms with E-state index in [9.17, 15) is 4.79 Å². The summed E-state index contributed by atoms with van der Waals surface area (Å²) >= 11 is 26.4. The van der Waals surface area contributed by atoms with Crippen LogP contribution in [0.5, 0.6) is 0 Å². The standard InChI is InChI=1S/C20H19Cl4NOS/c21-16-6-3-7-17(22)15(16)11-27-9-8-25-20(26)14-10-12-4-1-2-5-13(12)18(14)19(23)24/h1-7,14,18-19H,8-11H2,(H,25,26)/t14-,18+/m0/s1. The van der Waals surface area contributed by atoms with Crippen molar-refractivity contribution in [3.8, 4) is 0 Å². The molecule has 144 valence electrons. The first-order valence-electron chi connectivity index (χ1n) is 8.63. The van der Waals surface area contributed by atoms with Crippen LogP contribution in [0.3, 0.4) is 0 Å². The van der Waals surface area contributed by atoms with Crippen molar-refractivity contribution in [2.45, 2.75) is 22.9 Å². The van der Waals surface area contributed by atoms with Gasteiger partial charge in [0.1, 0.15) is 4.84 Å². The van der Waals surface area contributed by atoms with Crippen LogP contribution in [0, 0.1) is 5.92 Å². The van der Waals surface area contributed by atoms with Crippen molar-refractivity contribution in [3.05, 3.63) is 69.2 Å². The van der Waals surface area contributed by atoms with Gasteiger partial charge in [-0.05, 0) is 35.2 Å². The van der Waals surface area contributed by atoms with Gasteiger partial charge in [-0.15, -0.1) is 23.2 Å². The van der Waals surface area contributed by atoms with E-state index < -0.39 is 4.84 Å². The summed E-state index contributed by atoms with van der Waals surface area (Å²) in [4.78, 5) is 12.1. The first kappa shape index (κ1) is 21.1. The topological polar surface area (TPSA) is 29.1 Å². The normalized spacial score (nSPS) is 18.6. The molecule has 2 aromatic rings.